The normalized spacial score (nSPS) is 30.6. The van der Waals surface area contributed by atoms with Crippen LogP contribution in [0.2, 0.25) is 0 Å². The van der Waals surface area contributed by atoms with Crippen LogP contribution in [0.3, 0.4) is 0 Å². The van der Waals surface area contributed by atoms with E-state index in [1.165, 1.54) is 43.6 Å². The average Bonchev–Trinajstić information content (AvgIpc) is 2.29. The first-order valence-corrected chi connectivity index (χ1v) is 8.30. The summed E-state index contributed by atoms with van der Waals surface area (Å²) in [6.07, 6.45) is 6.52. The van der Waals surface area contributed by atoms with Gasteiger partial charge >= 0.3 is 0 Å². The number of hydrogen-bond acceptors (Lipinski definition) is 2. The number of rotatable bonds is 7. The second-order valence-corrected chi connectivity index (χ2v) is 6.75. The molecule has 1 aliphatic carbocycles. The van der Waals surface area contributed by atoms with Crippen molar-refractivity contribution < 1.29 is 0 Å². The lowest BCUT2D eigenvalue weighted by atomic mass is 9.77. The van der Waals surface area contributed by atoms with E-state index >= 15 is 0 Å². The Bertz CT molecular complexity index is 189. The van der Waals surface area contributed by atoms with Crippen LogP contribution in [-0.2, 0) is 0 Å². The summed E-state index contributed by atoms with van der Waals surface area (Å²) in [5, 5.41) is 3.73. The number of halogens is 1. The van der Waals surface area contributed by atoms with Gasteiger partial charge in [0.1, 0.15) is 0 Å². The van der Waals surface area contributed by atoms with Gasteiger partial charge in [0.15, 0.2) is 0 Å². The minimum Gasteiger partial charge on any atom is -0.310 e. The first kappa shape index (κ1) is 14.7. The highest BCUT2D eigenvalue weighted by Crippen LogP contribution is 2.33. The van der Waals surface area contributed by atoms with Gasteiger partial charge in [-0.15, -0.1) is 11.6 Å². The molecular formula is C13H26ClNS. The first-order valence-electron chi connectivity index (χ1n) is 6.61. The van der Waals surface area contributed by atoms with E-state index in [4.69, 9.17) is 11.6 Å². The molecule has 0 heterocycles. The Hall–Kier alpha value is 0.600. The molecule has 16 heavy (non-hydrogen) atoms. The Kier molecular flexibility index (Phi) is 7.18. The minimum absolute atomic E-state index is 0.246. The maximum atomic E-state index is 6.17. The lowest BCUT2D eigenvalue weighted by Crippen LogP contribution is -2.50. The fraction of sp³-hybridized carbons (Fsp3) is 1.00. The lowest BCUT2D eigenvalue weighted by Gasteiger charge is -2.39. The third-order valence-electron chi connectivity index (χ3n) is 3.52. The summed E-state index contributed by atoms with van der Waals surface area (Å²) in [5.74, 6) is 4.12. The Labute approximate surface area is 110 Å². The van der Waals surface area contributed by atoms with Crippen molar-refractivity contribution in [3.63, 3.8) is 0 Å². The zero-order valence-electron chi connectivity index (χ0n) is 10.7. The van der Waals surface area contributed by atoms with Crippen LogP contribution >= 0.6 is 23.4 Å². The van der Waals surface area contributed by atoms with Crippen LogP contribution in [0.4, 0.5) is 0 Å². The molecule has 2 atom stereocenters. The molecule has 1 rings (SSSR count). The average molecular weight is 264 g/mol. The van der Waals surface area contributed by atoms with E-state index in [0.29, 0.717) is 0 Å². The Morgan fingerprint density at radius 3 is 2.94 bits per heavy atom. The largest absolute Gasteiger partial charge is 0.310 e. The monoisotopic (exact) mass is 263 g/mol. The number of alkyl halides is 1. The predicted octanol–water partition coefficient (Wildman–Crippen LogP) is 3.91. The molecule has 0 spiro atoms. The van der Waals surface area contributed by atoms with E-state index < -0.39 is 0 Å². The van der Waals surface area contributed by atoms with E-state index in [1.54, 1.807) is 0 Å². The topological polar surface area (TPSA) is 12.0 Å². The first-order chi connectivity index (χ1) is 7.72. The van der Waals surface area contributed by atoms with Crippen LogP contribution in [0.15, 0.2) is 0 Å². The molecule has 2 unspecified atom stereocenters. The highest BCUT2D eigenvalue weighted by Gasteiger charge is 2.33. The summed E-state index contributed by atoms with van der Waals surface area (Å²) < 4.78 is 0. The molecule has 0 aromatic carbocycles. The Morgan fingerprint density at radius 1 is 1.50 bits per heavy atom. The Morgan fingerprint density at radius 2 is 2.31 bits per heavy atom. The summed E-state index contributed by atoms with van der Waals surface area (Å²) >= 11 is 8.20. The molecule has 1 N–H and O–H groups in total. The van der Waals surface area contributed by atoms with Gasteiger partial charge in [-0.1, -0.05) is 26.7 Å². The molecule has 0 aliphatic heterocycles. The van der Waals surface area contributed by atoms with Crippen molar-refractivity contribution in [2.75, 3.05) is 23.9 Å². The zero-order chi connectivity index (χ0) is 11.9. The molecule has 1 nitrogen and oxygen atoms in total. The molecule has 0 amide bonds. The number of nitrogens with one attached hydrogen (secondary N) is 1. The van der Waals surface area contributed by atoms with E-state index in [2.05, 4.69) is 19.2 Å². The van der Waals surface area contributed by atoms with Gasteiger partial charge < -0.3 is 5.32 Å². The van der Waals surface area contributed by atoms with E-state index in [0.717, 1.165) is 18.3 Å². The molecule has 0 radical (unpaired) electrons. The van der Waals surface area contributed by atoms with Gasteiger partial charge in [-0.05, 0) is 43.2 Å². The van der Waals surface area contributed by atoms with Gasteiger partial charge in [-0.3, -0.25) is 0 Å². The second-order valence-electron chi connectivity index (χ2n) is 5.09. The predicted molar refractivity (Wildman–Crippen MR) is 76.7 cm³/mol. The SMILES string of the molecule is CCSCCCNC1(CCl)CCCC(C)C1. The quantitative estimate of drug-likeness (QED) is 0.552. The summed E-state index contributed by atoms with van der Waals surface area (Å²) in [7, 11) is 0. The van der Waals surface area contributed by atoms with Crippen LogP contribution in [-0.4, -0.2) is 29.5 Å². The van der Waals surface area contributed by atoms with Crippen molar-refractivity contribution in [1.29, 1.82) is 0 Å². The molecular weight excluding hydrogens is 238 g/mol. The molecule has 0 aromatic heterocycles. The van der Waals surface area contributed by atoms with Crippen molar-refractivity contribution in [3.05, 3.63) is 0 Å². The van der Waals surface area contributed by atoms with Crippen LogP contribution in [0.1, 0.15) is 46.0 Å². The van der Waals surface area contributed by atoms with Crippen LogP contribution < -0.4 is 5.32 Å². The van der Waals surface area contributed by atoms with Crippen molar-refractivity contribution in [2.24, 2.45) is 5.92 Å². The van der Waals surface area contributed by atoms with Crippen LogP contribution in [0, 0.1) is 5.92 Å². The Balaban J connectivity index is 2.24. The molecule has 3 heteroatoms. The number of hydrogen-bond donors (Lipinski definition) is 1. The lowest BCUT2D eigenvalue weighted by molar-refractivity contribution is 0.210. The second kappa shape index (κ2) is 7.84. The maximum Gasteiger partial charge on any atom is 0.0406 e. The van der Waals surface area contributed by atoms with Gasteiger partial charge in [-0.2, -0.15) is 11.8 Å². The van der Waals surface area contributed by atoms with E-state index in [1.807, 2.05) is 11.8 Å². The number of thioether (sulfide) groups is 1. The maximum absolute atomic E-state index is 6.17. The van der Waals surface area contributed by atoms with Crippen molar-refractivity contribution in [3.8, 4) is 0 Å². The fourth-order valence-corrected chi connectivity index (χ4v) is 3.64. The molecule has 1 saturated carbocycles. The van der Waals surface area contributed by atoms with Crippen molar-refractivity contribution in [1.82, 2.24) is 5.32 Å². The molecule has 1 fully saturated rings. The fourth-order valence-electron chi connectivity index (χ4n) is 2.66. The van der Waals surface area contributed by atoms with Crippen molar-refractivity contribution in [2.45, 2.75) is 51.5 Å². The third kappa shape index (κ3) is 4.85. The van der Waals surface area contributed by atoms with Gasteiger partial charge in [0.05, 0.1) is 0 Å². The third-order valence-corrected chi connectivity index (χ3v) is 5.01. The summed E-state index contributed by atoms with van der Waals surface area (Å²) in [6, 6.07) is 0. The smallest absolute Gasteiger partial charge is 0.0406 e. The molecule has 1 aliphatic rings. The molecule has 96 valence electrons. The zero-order valence-corrected chi connectivity index (χ0v) is 12.3. The minimum atomic E-state index is 0.246. The summed E-state index contributed by atoms with van der Waals surface area (Å²) in [6.45, 7) is 5.71. The van der Waals surface area contributed by atoms with E-state index in [9.17, 15) is 0 Å². The van der Waals surface area contributed by atoms with Crippen LogP contribution in [0.5, 0.6) is 0 Å². The standard InChI is InChI=1S/C13H26ClNS/c1-3-16-9-5-8-15-13(11-14)7-4-6-12(2)10-13/h12,15H,3-11H2,1-2H3. The van der Waals surface area contributed by atoms with Gasteiger partial charge in [-0.25, -0.2) is 0 Å². The summed E-state index contributed by atoms with van der Waals surface area (Å²) in [4.78, 5) is 0. The molecule has 0 bridgehead atoms. The van der Waals surface area contributed by atoms with Gasteiger partial charge in [0, 0.05) is 11.4 Å². The molecule has 0 saturated heterocycles. The molecule has 0 aromatic rings. The highest BCUT2D eigenvalue weighted by molar-refractivity contribution is 7.99. The highest BCUT2D eigenvalue weighted by atomic mass is 35.5. The van der Waals surface area contributed by atoms with E-state index in [-0.39, 0.29) is 5.54 Å². The van der Waals surface area contributed by atoms with Crippen molar-refractivity contribution >= 4 is 23.4 Å². The van der Waals surface area contributed by atoms with Gasteiger partial charge in [0.25, 0.3) is 0 Å². The van der Waals surface area contributed by atoms with Gasteiger partial charge in [0.2, 0.25) is 0 Å². The van der Waals surface area contributed by atoms with Crippen LogP contribution in [0.25, 0.3) is 0 Å². The summed E-state index contributed by atoms with van der Waals surface area (Å²) in [5.41, 5.74) is 0.246.